The van der Waals surface area contributed by atoms with Crippen molar-refractivity contribution in [2.75, 3.05) is 7.11 Å². The molecule has 1 aliphatic rings. The number of carbonyl (C=O) groups is 2. The molecule has 0 heterocycles. The molecule has 0 radical (unpaired) electrons. The minimum absolute atomic E-state index is 0.135. The normalized spacial score (nSPS) is 27.8. The summed E-state index contributed by atoms with van der Waals surface area (Å²) in [6.45, 7) is 0. The third-order valence-electron chi connectivity index (χ3n) is 2.33. The van der Waals surface area contributed by atoms with E-state index in [0.29, 0.717) is 19.3 Å². The van der Waals surface area contributed by atoms with Crippen LogP contribution < -0.4 is 0 Å². The molecular weight excluding hydrogens is 170 g/mol. The number of esters is 1. The summed E-state index contributed by atoms with van der Waals surface area (Å²) < 4.78 is 4.53. The second-order valence-electron chi connectivity index (χ2n) is 3.09. The van der Waals surface area contributed by atoms with Gasteiger partial charge >= 0.3 is 5.97 Å². The number of carbonyl (C=O) groups excluding carboxylic acids is 2. The maximum absolute atomic E-state index is 11.2. The highest BCUT2D eigenvalue weighted by molar-refractivity contribution is 5.89. The Morgan fingerprint density at radius 3 is 2.92 bits per heavy atom. The van der Waals surface area contributed by atoms with E-state index >= 15 is 0 Å². The number of nitriles is 1. The molecule has 4 nitrogen and oxygen atoms in total. The van der Waals surface area contributed by atoms with Crippen molar-refractivity contribution in [1.29, 1.82) is 5.26 Å². The fraction of sp³-hybridized carbons (Fsp3) is 0.667. The SMILES string of the molecule is COC(=O)C1CCCC(=O)C1C#N. The summed E-state index contributed by atoms with van der Waals surface area (Å²) in [4.78, 5) is 22.4. The predicted molar refractivity (Wildman–Crippen MR) is 43.5 cm³/mol. The van der Waals surface area contributed by atoms with Gasteiger partial charge in [-0.3, -0.25) is 9.59 Å². The smallest absolute Gasteiger partial charge is 0.310 e. The predicted octanol–water partition coefficient (Wildman–Crippen LogP) is 0.668. The second-order valence-corrected chi connectivity index (χ2v) is 3.09. The standard InChI is InChI=1S/C9H11NO3/c1-13-9(12)6-3-2-4-8(11)7(6)5-10/h6-7H,2-4H2,1H3. The van der Waals surface area contributed by atoms with Gasteiger partial charge in [-0.2, -0.15) is 5.26 Å². The van der Waals surface area contributed by atoms with Gasteiger partial charge in [-0.25, -0.2) is 0 Å². The zero-order chi connectivity index (χ0) is 9.84. The Hall–Kier alpha value is -1.37. The van der Waals surface area contributed by atoms with Crippen LogP contribution in [0.1, 0.15) is 19.3 Å². The van der Waals surface area contributed by atoms with Crippen molar-refractivity contribution in [3.8, 4) is 6.07 Å². The van der Waals surface area contributed by atoms with Crippen molar-refractivity contribution in [3.05, 3.63) is 0 Å². The van der Waals surface area contributed by atoms with E-state index in [-0.39, 0.29) is 5.78 Å². The van der Waals surface area contributed by atoms with Crippen LogP contribution in [0.2, 0.25) is 0 Å². The van der Waals surface area contributed by atoms with Gasteiger partial charge < -0.3 is 4.74 Å². The van der Waals surface area contributed by atoms with E-state index in [1.165, 1.54) is 7.11 Å². The molecule has 0 aromatic heterocycles. The van der Waals surface area contributed by atoms with Crippen LogP contribution in [-0.2, 0) is 14.3 Å². The van der Waals surface area contributed by atoms with Crippen LogP contribution in [0.5, 0.6) is 0 Å². The Morgan fingerprint density at radius 1 is 1.69 bits per heavy atom. The van der Waals surface area contributed by atoms with Crippen molar-refractivity contribution in [3.63, 3.8) is 0 Å². The van der Waals surface area contributed by atoms with Crippen LogP contribution in [0.4, 0.5) is 0 Å². The molecular formula is C9H11NO3. The molecule has 70 valence electrons. The number of hydrogen-bond acceptors (Lipinski definition) is 4. The first-order valence-corrected chi connectivity index (χ1v) is 4.21. The minimum atomic E-state index is -0.791. The molecule has 0 spiro atoms. The monoisotopic (exact) mass is 181 g/mol. The molecule has 1 saturated carbocycles. The number of nitrogens with zero attached hydrogens (tertiary/aromatic N) is 1. The molecule has 0 saturated heterocycles. The fourth-order valence-corrected chi connectivity index (χ4v) is 1.61. The van der Waals surface area contributed by atoms with Gasteiger partial charge in [0.15, 0.2) is 5.78 Å². The molecule has 0 aliphatic heterocycles. The average Bonchev–Trinajstić information content (AvgIpc) is 2.16. The summed E-state index contributed by atoms with van der Waals surface area (Å²) in [6.07, 6.45) is 1.67. The summed E-state index contributed by atoms with van der Waals surface area (Å²) in [7, 11) is 1.27. The van der Waals surface area contributed by atoms with Gasteiger partial charge in [0.2, 0.25) is 0 Å². The lowest BCUT2D eigenvalue weighted by Gasteiger charge is -2.22. The fourth-order valence-electron chi connectivity index (χ4n) is 1.61. The first-order chi connectivity index (χ1) is 6.20. The Kier molecular flexibility index (Phi) is 3.02. The Labute approximate surface area is 76.5 Å². The lowest BCUT2D eigenvalue weighted by Crippen LogP contribution is -2.33. The number of hydrogen-bond donors (Lipinski definition) is 0. The molecule has 0 bridgehead atoms. The molecule has 2 unspecified atom stereocenters. The summed E-state index contributed by atoms with van der Waals surface area (Å²) in [5.74, 6) is -1.92. The van der Waals surface area contributed by atoms with E-state index in [2.05, 4.69) is 4.74 Å². The third kappa shape index (κ3) is 1.86. The highest BCUT2D eigenvalue weighted by atomic mass is 16.5. The Balaban J connectivity index is 2.77. The van der Waals surface area contributed by atoms with Crippen LogP contribution in [0, 0.1) is 23.2 Å². The molecule has 4 heteroatoms. The van der Waals surface area contributed by atoms with Crippen molar-refractivity contribution < 1.29 is 14.3 Å². The molecule has 1 rings (SSSR count). The Morgan fingerprint density at radius 2 is 2.38 bits per heavy atom. The number of ether oxygens (including phenoxy) is 1. The van der Waals surface area contributed by atoms with Gasteiger partial charge in [0.1, 0.15) is 5.92 Å². The van der Waals surface area contributed by atoms with E-state index < -0.39 is 17.8 Å². The first-order valence-electron chi connectivity index (χ1n) is 4.21. The van der Waals surface area contributed by atoms with Crippen molar-refractivity contribution in [2.45, 2.75) is 19.3 Å². The van der Waals surface area contributed by atoms with E-state index in [4.69, 9.17) is 5.26 Å². The summed E-state index contributed by atoms with van der Waals surface area (Å²) in [5.41, 5.74) is 0. The van der Waals surface area contributed by atoms with Crippen LogP contribution >= 0.6 is 0 Å². The van der Waals surface area contributed by atoms with Crippen LogP contribution in [-0.4, -0.2) is 18.9 Å². The molecule has 0 N–H and O–H groups in total. The lowest BCUT2D eigenvalue weighted by atomic mass is 9.79. The summed E-state index contributed by atoms with van der Waals surface area (Å²) >= 11 is 0. The van der Waals surface area contributed by atoms with Gasteiger partial charge in [0.05, 0.1) is 19.1 Å². The second kappa shape index (κ2) is 4.04. The van der Waals surface area contributed by atoms with E-state index in [1.54, 1.807) is 0 Å². The molecule has 0 aromatic carbocycles. The minimum Gasteiger partial charge on any atom is -0.469 e. The maximum atomic E-state index is 11.2. The highest BCUT2D eigenvalue weighted by Crippen LogP contribution is 2.27. The molecule has 1 aliphatic carbocycles. The highest BCUT2D eigenvalue weighted by Gasteiger charge is 2.37. The van der Waals surface area contributed by atoms with Gasteiger partial charge in [0.25, 0.3) is 0 Å². The maximum Gasteiger partial charge on any atom is 0.310 e. The van der Waals surface area contributed by atoms with Crippen molar-refractivity contribution >= 4 is 11.8 Å². The van der Waals surface area contributed by atoms with Gasteiger partial charge in [-0.1, -0.05) is 0 Å². The molecule has 0 amide bonds. The molecule has 1 fully saturated rings. The van der Waals surface area contributed by atoms with E-state index in [0.717, 1.165) is 0 Å². The number of rotatable bonds is 1. The van der Waals surface area contributed by atoms with E-state index in [1.807, 2.05) is 6.07 Å². The van der Waals surface area contributed by atoms with Gasteiger partial charge in [-0.15, -0.1) is 0 Å². The molecule has 0 aromatic rings. The number of Topliss-reactive ketones (excluding diaryl/α,β-unsaturated/α-hetero) is 1. The third-order valence-corrected chi connectivity index (χ3v) is 2.33. The molecule has 13 heavy (non-hydrogen) atoms. The topological polar surface area (TPSA) is 67.2 Å². The van der Waals surface area contributed by atoms with Crippen molar-refractivity contribution in [1.82, 2.24) is 0 Å². The van der Waals surface area contributed by atoms with Crippen LogP contribution in [0.25, 0.3) is 0 Å². The largest absolute Gasteiger partial charge is 0.469 e. The summed E-state index contributed by atoms with van der Waals surface area (Å²) in [5, 5.41) is 8.70. The van der Waals surface area contributed by atoms with Gasteiger partial charge in [0, 0.05) is 6.42 Å². The Bertz CT molecular complexity index is 267. The van der Waals surface area contributed by atoms with Gasteiger partial charge in [-0.05, 0) is 12.8 Å². The zero-order valence-corrected chi connectivity index (χ0v) is 7.45. The van der Waals surface area contributed by atoms with E-state index in [9.17, 15) is 9.59 Å². The van der Waals surface area contributed by atoms with Crippen LogP contribution in [0.15, 0.2) is 0 Å². The first kappa shape index (κ1) is 9.72. The number of methoxy groups -OCH3 is 1. The molecule has 2 atom stereocenters. The summed E-state index contributed by atoms with van der Waals surface area (Å²) in [6, 6.07) is 1.87. The lowest BCUT2D eigenvalue weighted by molar-refractivity contribution is -0.150. The van der Waals surface area contributed by atoms with Crippen molar-refractivity contribution in [2.24, 2.45) is 11.8 Å². The quantitative estimate of drug-likeness (QED) is 0.557. The zero-order valence-electron chi connectivity index (χ0n) is 7.45. The number of ketones is 1. The van der Waals surface area contributed by atoms with Crippen LogP contribution in [0.3, 0.4) is 0 Å². The average molecular weight is 181 g/mol.